The number of aliphatic imine (C=N–C) groups is 1. The van der Waals surface area contributed by atoms with Gasteiger partial charge in [0.25, 0.3) is 5.91 Å². The Bertz CT molecular complexity index is 1020. The van der Waals surface area contributed by atoms with E-state index in [1.807, 2.05) is 60.7 Å². The van der Waals surface area contributed by atoms with Crippen LogP contribution in [0.4, 0.5) is 0 Å². The maximum atomic E-state index is 12.6. The zero-order valence-corrected chi connectivity index (χ0v) is 16.7. The van der Waals surface area contributed by atoms with Crippen LogP contribution in [-0.2, 0) is 10.5 Å². The second kappa shape index (κ2) is 8.67. The highest BCUT2D eigenvalue weighted by molar-refractivity contribution is 8.13. The van der Waals surface area contributed by atoms with E-state index in [0.29, 0.717) is 18.8 Å². The van der Waals surface area contributed by atoms with E-state index in [2.05, 4.69) is 11.1 Å². The molecule has 3 aromatic rings. The van der Waals surface area contributed by atoms with Crippen LogP contribution in [0.2, 0.25) is 5.02 Å². The second-order valence-corrected chi connectivity index (χ2v) is 7.80. The molecule has 0 atom stereocenters. The SMILES string of the molecule is O=C(COc1ccc2ccccc2c1)N1CCN=C1SCc1ccc(Cl)cc1. The van der Waals surface area contributed by atoms with Gasteiger partial charge < -0.3 is 4.74 Å². The summed E-state index contributed by atoms with van der Waals surface area (Å²) < 4.78 is 5.74. The summed E-state index contributed by atoms with van der Waals surface area (Å²) in [6, 6.07) is 21.6. The zero-order chi connectivity index (χ0) is 19.3. The molecule has 1 aliphatic rings. The average Bonchev–Trinajstić information content (AvgIpc) is 3.20. The Labute approximate surface area is 173 Å². The predicted octanol–water partition coefficient (Wildman–Crippen LogP) is 5.00. The average molecular weight is 411 g/mol. The first kappa shape index (κ1) is 18.8. The van der Waals surface area contributed by atoms with Crippen molar-refractivity contribution in [3.8, 4) is 5.75 Å². The van der Waals surface area contributed by atoms with Crippen LogP contribution in [0.5, 0.6) is 5.75 Å². The molecule has 0 N–H and O–H groups in total. The van der Waals surface area contributed by atoms with E-state index < -0.39 is 0 Å². The Morgan fingerprint density at radius 1 is 1.07 bits per heavy atom. The molecule has 142 valence electrons. The van der Waals surface area contributed by atoms with Crippen molar-refractivity contribution in [1.82, 2.24) is 4.90 Å². The van der Waals surface area contributed by atoms with Crippen LogP contribution in [0.25, 0.3) is 10.8 Å². The van der Waals surface area contributed by atoms with Gasteiger partial charge in [0.2, 0.25) is 0 Å². The highest BCUT2D eigenvalue weighted by Crippen LogP contribution is 2.23. The van der Waals surface area contributed by atoms with Gasteiger partial charge >= 0.3 is 0 Å². The van der Waals surface area contributed by atoms with Crippen LogP contribution >= 0.6 is 23.4 Å². The molecule has 0 aliphatic carbocycles. The van der Waals surface area contributed by atoms with Crippen molar-refractivity contribution in [2.75, 3.05) is 19.7 Å². The molecule has 0 saturated carbocycles. The molecule has 1 heterocycles. The molecule has 1 amide bonds. The van der Waals surface area contributed by atoms with Crippen LogP contribution in [0.1, 0.15) is 5.56 Å². The zero-order valence-electron chi connectivity index (χ0n) is 15.2. The molecular formula is C22H19ClN2O2S. The molecule has 0 fully saturated rings. The summed E-state index contributed by atoms with van der Waals surface area (Å²) in [5, 5.41) is 3.71. The van der Waals surface area contributed by atoms with Crippen molar-refractivity contribution in [1.29, 1.82) is 0 Å². The van der Waals surface area contributed by atoms with E-state index in [1.165, 1.54) is 0 Å². The first-order valence-electron chi connectivity index (χ1n) is 9.03. The van der Waals surface area contributed by atoms with E-state index in [0.717, 1.165) is 32.3 Å². The minimum Gasteiger partial charge on any atom is -0.484 e. The number of halogens is 1. The van der Waals surface area contributed by atoms with E-state index in [9.17, 15) is 4.79 Å². The first-order chi connectivity index (χ1) is 13.7. The fraction of sp³-hybridized carbons (Fsp3) is 0.182. The number of carbonyl (C=O) groups is 1. The van der Waals surface area contributed by atoms with Gasteiger partial charge in [0, 0.05) is 17.3 Å². The second-order valence-electron chi connectivity index (χ2n) is 6.42. The summed E-state index contributed by atoms with van der Waals surface area (Å²) in [5.74, 6) is 1.36. The van der Waals surface area contributed by atoms with Crippen molar-refractivity contribution in [3.05, 3.63) is 77.3 Å². The fourth-order valence-electron chi connectivity index (χ4n) is 2.99. The predicted molar refractivity (Wildman–Crippen MR) is 116 cm³/mol. The topological polar surface area (TPSA) is 41.9 Å². The quantitative estimate of drug-likeness (QED) is 0.594. The maximum Gasteiger partial charge on any atom is 0.266 e. The standard InChI is InChI=1S/C22H19ClN2O2S/c23-19-8-5-16(6-9-19)15-28-22-24-11-12-25(22)21(26)14-27-20-10-7-17-3-1-2-4-18(17)13-20/h1-10,13H,11-12,14-15H2. The van der Waals surface area contributed by atoms with Crippen molar-refractivity contribution in [2.24, 2.45) is 4.99 Å². The Hall–Kier alpha value is -2.50. The number of fused-ring (bicyclic) bond motifs is 1. The number of hydrogen-bond donors (Lipinski definition) is 0. The van der Waals surface area contributed by atoms with Crippen LogP contribution in [0, 0.1) is 0 Å². The van der Waals surface area contributed by atoms with Gasteiger partial charge in [-0.1, -0.05) is 65.8 Å². The largest absolute Gasteiger partial charge is 0.484 e. The highest BCUT2D eigenvalue weighted by atomic mass is 35.5. The Morgan fingerprint density at radius 3 is 2.68 bits per heavy atom. The van der Waals surface area contributed by atoms with E-state index in [-0.39, 0.29) is 12.5 Å². The van der Waals surface area contributed by atoms with Gasteiger partial charge in [0.05, 0.1) is 6.54 Å². The molecular weight excluding hydrogens is 392 g/mol. The third-order valence-corrected chi connectivity index (χ3v) is 5.80. The lowest BCUT2D eigenvalue weighted by Gasteiger charge is -2.18. The molecule has 3 aromatic carbocycles. The van der Waals surface area contributed by atoms with Gasteiger partial charge in [-0.25, -0.2) is 0 Å². The number of thioether (sulfide) groups is 1. The third-order valence-electron chi connectivity index (χ3n) is 4.47. The summed E-state index contributed by atoms with van der Waals surface area (Å²) in [6.45, 7) is 1.23. The van der Waals surface area contributed by atoms with Crippen LogP contribution in [0.15, 0.2) is 71.7 Å². The lowest BCUT2D eigenvalue weighted by molar-refractivity contribution is -0.128. The Morgan fingerprint density at radius 2 is 1.86 bits per heavy atom. The minimum atomic E-state index is -0.0759. The molecule has 0 unspecified atom stereocenters. The number of nitrogens with zero attached hydrogens (tertiary/aromatic N) is 2. The number of amidine groups is 1. The monoisotopic (exact) mass is 410 g/mol. The van der Waals surface area contributed by atoms with Gasteiger partial charge in [-0.3, -0.25) is 14.7 Å². The van der Waals surface area contributed by atoms with E-state index in [1.54, 1.807) is 16.7 Å². The number of ether oxygens (including phenoxy) is 1. The number of carbonyl (C=O) groups excluding carboxylic acids is 1. The normalized spacial score (nSPS) is 13.6. The molecule has 0 spiro atoms. The van der Waals surface area contributed by atoms with Gasteiger partial charge in [0.15, 0.2) is 11.8 Å². The maximum absolute atomic E-state index is 12.6. The van der Waals surface area contributed by atoms with Gasteiger partial charge in [-0.15, -0.1) is 0 Å². The number of rotatable bonds is 5. The van der Waals surface area contributed by atoms with Gasteiger partial charge in [0.1, 0.15) is 5.75 Å². The molecule has 0 aromatic heterocycles. The van der Waals surface area contributed by atoms with Gasteiger partial charge in [-0.05, 0) is 40.6 Å². The highest BCUT2D eigenvalue weighted by Gasteiger charge is 2.24. The van der Waals surface area contributed by atoms with Gasteiger partial charge in [-0.2, -0.15) is 0 Å². The summed E-state index contributed by atoms with van der Waals surface area (Å²) >= 11 is 7.48. The van der Waals surface area contributed by atoms with Crippen LogP contribution in [-0.4, -0.2) is 35.7 Å². The van der Waals surface area contributed by atoms with Crippen molar-refractivity contribution in [2.45, 2.75) is 5.75 Å². The third kappa shape index (κ3) is 4.49. The molecule has 0 saturated heterocycles. The lowest BCUT2D eigenvalue weighted by Crippen LogP contribution is -2.36. The van der Waals surface area contributed by atoms with Crippen molar-refractivity contribution >= 4 is 45.2 Å². The number of hydrogen-bond acceptors (Lipinski definition) is 4. The van der Waals surface area contributed by atoms with E-state index in [4.69, 9.17) is 16.3 Å². The molecule has 1 aliphatic heterocycles. The Balaban J connectivity index is 1.34. The number of benzene rings is 3. The van der Waals surface area contributed by atoms with Crippen LogP contribution in [0.3, 0.4) is 0 Å². The first-order valence-corrected chi connectivity index (χ1v) is 10.4. The summed E-state index contributed by atoms with van der Waals surface area (Å²) in [4.78, 5) is 18.8. The van der Waals surface area contributed by atoms with Crippen molar-refractivity contribution < 1.29 is 9.53 Å². The van der Waals surface area contributed by atoms with Crippen LogP contribution < -0.4 is 4.74 Å². The molecule has 0 bridgehead atoms. The number of amides is 1. The smallest absolute Gasteiger partial charge is 0.266 e. The molecule has 28 heavy (non-hydrogen) atoms. The minimum absolute atomic E-state index is 0.00113. The van der Waals surface area contributed by atoms with Crippen molar-refractivity contribution in [3.63, 3.8) is 0 Å². The summed E-state index contributed by atoms with van der Waals surface area (Å²) in [5.41, 5.74) is 1.14. The lowest BCUT2D eigenvalue weighted by atomic mass is 10.1. The molecule has 4 nitrogen and oxygen atoms in total. The summed E-state index contributed by atoms with van der Waals surface area (Å²) in [7, 11) is 0. The Kier molecular flexibility index (Phi) is 5.84. The molecule has 6 heteroatoms. The molecule has 4 rings (SSSR count). The summed E-state index contributed by atoms with van der Waals surface area (Å²) in [6.07, 6.45) is 0. The van der Waals surface area contributed by atoms with E-state index >= 15 is 0 Å². The fourth-order valence-corrected chi connectivity index (χ4v) is 4.14. The molecule has 0 radical (unpaired) electrons.